The molecule has 1 saturated heterocycles. The quantitative estimate of drug-likeness (QED) is 0.763. The zero-order valence-corrected chi connectivity index (χ0v) is 10.4. The predicted octanol–water partition coefficient (Wildman–Crippen LogP) is 1.86. The SMILES string of the molecule is CCOc1nn(C(C)CN2CCC2)cc1C. The van der Waals surface area contributed by atoms with Gasteiger partial charge in [-0.2, -0.15) is 0 Å². The van der Waals surface area contributed by atoms with Crippen molar-refractivity contribution in [2.24, 2.45) is 0 Å². The number of aryl methyl sites for hydroxylation is 1. The molecule has 0 aromatic carbocycles. The highest BCUT2D eigenvalue weighted by Gasteiger charge is 2.18. The van der Waals surface area contributed by atoms with E-state index in [2.05, 4.69) is 23.1 Å². The fraction of sp³-hybridized carbons (Fsp3) is 0.750. The number of aromatic nitrogens is 2. The summed E-state index contributed by atoms with van der Waals surface area (Å²) in [5, 5.41) is 4.48. The van der Waals surface area contributed by atoms with Gasteiger partial charge in [0.15, 0.2) is 0 Å². The van der Waals surface area contributed by atoms with Crippen LogP contribution in [0.4, 0.5) is 0 Å². The molecular formula is C12H21N3O. The highest BCUT2D eigenvalue weighted by Crippen LogP contribution is 2.19. The van der Waals surface area contributed by atoms with Gasteiger partial charge in [0.2, 0.25) is 5.88 Å². The van der Waals surface area contributed by atoms with Crippen LogP contribution in [0.15, 0.2) is 6.20 Å². The molecule has 2 heterocycles. The lowest BCUT2D eigenvalue weighted by molar-refractivity contribution is 0.154. The van der Waals surface area contributed by atoms with E-state index in [0.29, 0.717) is 12.6 Å². The molecule has 0 bridgehead atoms. The first-order valence-electron chi connectivity index (χ1n) is 6.11. The molecule has 16 heavy (non-hydrogen) atoms. The number of nitrogens with zero attached hydrogens (tertiary/aromatic N) is 3. The van der Waals surface area contributed by atoms with Crippen LogP contribution in [0.25, 0.3) is 0 Å². The Morgan fingerprint density at radius 2 is 2.25 bits per heavy atom. The molecule has 1 atom stereocenters. The number of ether oxygens (including phenoxy) is 1. The molecule has 0 N–H and O–H groups in total. The van der Waals surface area contributed by atoms with E-state index in [4.69, 9.17) is 4.74 Å². The van der Waals surface area contributed by atoms with E-state index in [1.807, 2.05) is 18.5 Å². The highest BCUT2D eigenvalue weighted by atomic mass is 16.5. The summed E-state index contributed by atoms with van der Waals surface area (Å²) in [6, 6.07) is 0.424. The summed E-state index contributed by atoms with van der Waals surface area (Å²) in [5.74, 6) is 0.776. The molecule has 0 amide bonds. The second-order valence-electron chi connectivity index (χ2n) is 4.53. The van der Waals surface area contributed by atoms with E-state index in [9.17, 15) is 0 Å². The molecule has 1 aromatic rings. The van der Waals surface area contributed by atoms with Crippen LogP contribution in [0.3, 0.4) is 0 Å². The predicted molar refractivity (Wildman–Crippen MR) is 63.9 cm³/mol. The first-order valence-corrected chi connectivity index (χ1v) is 6.11. The van der Waals surface area contributed by atoms with Gasteiger partial charge in [-0.1, -0.05) is 0 Å². The standard InChI is InChI=1S/C12H21N3O/c1-4-16-12-10(2)8-15(13-12)11(3)9-14-6-5-7-14/h8,11H,4-7,9H2,1-3H3. The molecule has 90 valence electrons. The van der Waals surface area contributed by atoms with Crippen LogP contribution in [-0.4, -0.2) is 40.9 Å². The molecule has 1 aromatic heterocycles. The van der Waals surface area contributed by atoms with Crippen molar-refractivity contribution < 1.29 is 4.74 Å². The minimum absolute atomic E-state index is 0.424. The van der Waals surface area contributed by atoms with E-state index >= 15 is 0 Å². The van der Waals surface area contributed by atoms with Crippen LogP contribution < -0.4 is 4.74 Å². The summed E-state index contributed by atoms with van der Waals surface area (Å²) < 4.78 is 7.49. The highest BCUT2D eigenvalue weighted by molar-refractivity contribution is 5.21. The minimum atomic E-state index is 0.424. The Hall–Kier alpha value is -1.03. The van der Waals surface area contributed by atoms with Gasteiger partial charge >= 0.3 is 0 Å². The van der Waals surface area contributed by atoms with Gasteiger partial charge in [0.05, 0.1) is 12.6 Å². The summed E-state index contributed by atoms with van der Waals surface area (Å²) in [5.41, 5.74) is 1.12. The maximum absolute atomic E-state index is 5.47. The van der Waals surface area contributed by atoms with Gasteiger partial charge < -0.3 is 9.64 Å². The van der Waals surface area contributed by atoms with E-state index in [-0.39, 0.29) is 0 Å². The third kappa shape index (κ3) is 2.38. The molecule has 2 rings (SSSR count). The second-order valence-corrected chi connectivity index (χ2v) is 4.53. The van der Waals surface area contributed by atoms with Gasteiger partial charge in [0, 0.05) is 18.3 Å². The number of hydrogen-bond acceptors (Lipinski definition) is 3. The van der Waals surface area contributed by atoms with Crippen molar-refractivity contribution in [2.45, 2.75) is 33.2 Å². The van der Waals surface area contributed by atoms with Crippen molar-refractivity contribution in [1.82, 2.24) is 14.7 Å². The summed E-state index contributed by atoms with van der Waals surface area (Å²) in [4.78, 5) is 2.46. The Morgan fingerprint density at radius 3 is 2.81 bits per heavy atom. The van der Waals surface area contributed by atoms with Crippen molar-refractivity contribution in [3.05, 3.63) is 11.8 Å². The normalized spacial score (nSPS) is 18.2. The Balaban J connectivity index is 1.98. The van der Waals surface area contributed by atoms with Gasteiger partial charge in [-0.25, -0.2) is 0 Å². The molecule has 0 radical (unpaired) electrons. The lowest BCUT2D eigenvalue weighted by Gasteiger charge is -2.32. The summed E-state index contributed by atoms with van der Waals surface area (Å²) in [6.45, 7) is 10.5. The van der Waals surface area contributed by atoms with Gasteiger partial charge in [-0.15, -0.1) is 5.10 Å². The third-order valence-corrected chi connectivity index (χ3v) is 3.07. The molecule has 4 nitrogen and oxygen atoms in total. The van der Waals surface area contributed by atoms with E-state index in [1.165, 1.54) is 19.5 Å². The Labute approximate surface area is 97.2 Å². The molecular weight excluding hydrogens is 202 g/mol. The Kier molecular flexibility index (Phi) is 3.49. The van der Waals surface area contributed by atoms with Crippen LogP contribution in [0.1, 0.15) is 31.9 Å². The molecule has 1 aliphatic rings. The van der Waals surface area contributed by atoms with Crippen LogP contribution >= 0.6 is 0 Å². The Bertz CT molecular complexity index is 344. The van der Waals surface area contributed by atoms with Crippen molar-refractivity contribution in [2.75, 3.05) is 26.2 Å². The summed E-state index contributed by atoms with van der Waals surface area (Å²) in [6.07, 6.45) is 3.42. The van der Waals surface area contributed by atoms with Crippen molar-refractivity contribution >= 4 is 0 Å². The molecule has 4 heteroatoms. The van der Waals surface area contributed by atoms with Crippen molar-refractivity contribution in [3.63, 3.8) is 0 Å². The van der Waals surface area contributed by atoms with Crippen molar-refractivity contribution in [3.8, 4) is 5.88 Å². The second kappa shape index (κ2) is 4.87. The average Bonchev–Trinajstić information content (AvgIpc) is 2.55. The topological polar surface area (TPSA) is 30.3 Å². The van der Waals surface area contributed by atoms with Crippen molar-refractivity contribution in [1.29, 1.82) is 0 Å². The van der Waals surface area contributed by atoms with Gasteiger partial charge in [0.25, 0.3) is 0 Å². The largest absolute Gasteiger partial charge is 0.477 e. The number of hydrogen-bond donors (Lipinski definition) is 0. The average molecular weight is 223 g/mol. The van der Waals surface area contributed by atoms with Crippen LogP contribution in [0.5, 0.6) is 5.88 Å². The van der Waals surface area contributed by atoms with Gasteiger partial charge in [-0.05, 0) is 40.3 Å². The summed E-state index contributed by atoms with van der Waals surface area (Å²) in [7, 11) is 0. The maximum Gasteiger partial charge on any atom is 0.235 e. The van der Waals surface area contributed by atoms with Crippen LogP contribution in [0.2, 0.25) is 0 Å². The van der Waals surface area contributed by atoms with E-state index in [0.717, 1.165) is 18.0 Å². The monoisotopic (exact) mass is 223 g/mol. The lowest BCUT2D eigenvalue weighted by atomic mass is 10.2. The number of rotatable bonds is 5. The zero-order valence-electron chi connectivity index (χ0n) is 10.4. The van der Waals surface area contributed by atoms with E-state index < -0.39 is 0 Å². The molecule has 0 saturated carbocycles. The molecule has 1 unspecified atom stereocenters. The fourth-order valence-electron chi connectivity index (χ4n) is 1.99. The van der Waals surface area contributed by atoms with E-state index in [1.54, 1.807) is 0 Å². The van der Waals surface area contributed by atoms with Crippen LogP contribution in [-0.2, 0) is 0 Å². The molecule has 1 aliphatic heterocycles. The maximum atomic E-state index is 5.47. The molecule has 1 fully saturated rings. The first-order chi connectivity index (χ1) is 7.70. The summed E-state index contributed by atoms with van der Waals surface area (Å²) >= 11 is 0. The lowest BCUT2D eigenvalue weighted by Crippen LogP contribution is -2.40. The number of likely N-dealkylation sites (tertiary alicyclic amines) is 1. The Morgan fingerprint density at radius 1 is 1.50 bits per heavy atom. The third-order valence-electron chi connectivity index (χ3n) is 3.07. The zero-order chi connectivity index (χ0) is 11.5. The van der Waals surface area contributed by atoms with Gasteiger partial charge in [0.1, 0.15) is 0 Å². The smallest absolute Gasteiger partial charge is 0.235 e. The minimum Gasteiger partial charge on any atom is -0.477 e. The first kappa shape index (κ1) is 11.5. The molecule has 0 aliphatic carbocycles. The van der Waals surface area contributed by atoms with Gasteiger partial charge in [-0.3, -0.25) is 4.68 Å². The molecule has 0 spiro atoms. The van der Waals surface area contributed by atoms with Crippen LogP contribution in [0, 0.1) is 6.92 Å². The fourth-order valence-corrected chi connectivity index (χ4v) is 1.99.